The number of aliphatic hydroxyl groups is 1. The average Bonchev–Trinajstić information content (AvgIpc) is 3.17. The summed E-state index contributed by atoms with van der Waals surface area (Å²) in [7, 11) is 0. The first-order valence-electron chi connectivity index (χ1n) is 6.46. The van der Waals surface area contributed by atoms with Gasteiger partial charge in [0, 0.05) is 19.1 Å². The van der Waals surface area contributed by atoms with Crippen LogP contribution in [0, 0.1) is 5.82 Å². The zero-order valence-corrected chi connectivity index (χ0v) is 10.5. The summed E-state index contributed by atoms with van der Waals surface area (Å²) in [5.41, 5.74) is 1.00. The number of nitrogens with zero attached hydrogens (tertiary/aromatic N) is 1. The highest BCUT2D eigenvalue weighted by molar-refractivity contribution is 5.16. The Hall–Kier alpha value is -0.970. The summed E-state index contributed by atoms with van der Waals surface area (Å²) in [6.45, 7) is 2.67. The molecule has 1 aromatic rings. The summed E-state index contributed by atoms with van der Waals surface area (Å²) in [5, 5.41) is 8.64. The van der Waals surface area contributed by atoms with Crippen molar-refractivity contribution in [1.82, 2.24) is 4.90 Å². The standard InChI is InChI=1S/C14H20FNO2/c15-13-3-1-2-12(10-13)11-16(14-4-5-14)6-8-18-9-7-17/h1-3,10,14,17H,4-9,11H2. The molecule has 0 radical (unpaired) electrons. The van der Waals surface area contributed by atoms with E-state index in [2.05, 4.69) is 4.90 Å². The molecule has 3 nitrogen and oxygen atoms in total. The summed E-state index contributed by atoms with van der Waals surface area (Å²) in [6.07, 6.45) is 2.44. The molecule has 0 saturated heterocycles. The second-order valence-electron chi connectivity index (χ2n) is 4.67. The highest BCUT2D eigenvalue weighted by Gasteiger charge is 2.28. The van der Waals surface area contributed by atoms with Crippen LogP contribution in [0.25, 0.3) is 0 Å². The second kappa shape index (κ2) is 6.83. The molecule has 4 heteroatoms. The molecule has 1 N–H and O–H groups in total. The van der Waals surface area contributed by atoms with E-state index >= 15 is 0 Å². The van der Waals surface area contributed by atoms with Crippen molar-refractivity contribution in [1.29, 1.82) is 0 Å². The molecule has 0 amide bonds. The van der Waals surface area contributed by atoms with Crippen LogP contribution in [0.2, 0.25) is 0 Å². The summed E-state index contributed by atoms with van der Waals surface area (Å²) < 4.78 is 18.4. The first kappa shape index (κ1) is 13.5. The van der Waals surface area contributed by atoms with Gasteiger partial charge in [-0.15, -0.1) is 0 Å². The van der Waals surface area contributed by atoms with Crippen molar-refractivity contribution in [2.75, 3.05) is 26.4 Å². The van der Waals surface area contributed by atoms with Crippen molar-refractivity contribution in [3.63, 3.8) is 0 Å². The minimum absolute atomic E-state index is 0.0628. The van der Waals surface area contributed by atoms with Crippen LogP contribution in [0.4, 0.5) is 4.39 Å². The van der Waals surface area contributed by atoms with E-state index in [1.165, 1.54) is 18.9 Å². The normalized spacial score (nSPS) is 15.3. The van der Waals surface area contributed by atoms with E-state index in [1.54, 1.807) is 12.1 Å². The molecule has 0 aliphatic heterocycles. The molecule has 100 valence electrons. The van der Waals surface area contributed by atoms with Gasteiger partial charge in [0.25, 0.3) is 0 Å². The number of benzene rings is 1. The smallest absolute Gasteiger partial charge is 0.123 e. The van der Waals surface area contributed by atoms with Gasteiger partial charge in [-0.2, -0.15) is 0 Å². The Morgan fingerprint density at radius 2 is 2.17 bits per heavy atom. The fourth-order valence-electron chi connectivity index (χ4n) is 2.05. The Kier molecular flexibility index (Phi) is 5.11. The topological polar surface area (TPSA) is 32.7 Å². The number of hydrogen-bond donors (Lipinski definition) is 1. The van der Waals surface area contributed by atoms with Gasteiger partial charge in [0.15, 0.2) is 0 Å². The van der Waals surface area contributed by atoms with Crippen LogP contribution in [0.3, 0.4) is 0 Å². The lowest BCUT2D eigenvalue weighted by Crippen LogP contribution is -2.29. The third-order valence-corrected chi connectivity index (χ3v) is 3.10. The Balaban J connectivity index is 1.82. The molecule has 0 aromatic heterocycles. The molecule has 1 fully saturated rings. The van der Waals surface area contributed by atoms with E-state index in [0.717, 1.165) is 18.7 Å². The molecule has 0 bridgehead atoms. The van der Waals surface area contributed by atoms with Gasteiger partial charge >= 0.3 is 0 Å². The first-order chi connectivity index (χ1) is 8.79. The molecule has 0 spiro atoms. The Labute approximate surface area is 107 Å². The zero-order chi connectivity index (χ0) is 12.8. The monoisotopic (exact) mass is 253 g/mol. The highest BCUT2D eigenvalue weighted by Crippen LogP contribution is 2.28. The largest absolute Gasteiger partial charge is 0.394 e. The maximum Gasteiger partial charge on any atom is 0.123 e. The van der Waals surface area contributed by atoms with Crippen molar-refractivity contribution >= 4 is 0 Å². The van der Waals surface area contributed by atoms with Gasteiger partial charge in [-0.05, 0) is 30.5 Å². The van der Waals surface area contributed by atoms with E-state index in [4.69, 9.17) is 9.84 Å². The van der Waals surface area contributed by atoms with Crippen LogP contribution in [0.15, 0.2) is 24.3 Å². The molecule has 18 heavy (non-hydrogen) atoms. The maximum absolute atomic E-state index is 13.1. The van der Waals surface area contributed by atoms with Crippen molar-refractivity contribution in [2.45, 2.75) is 25.4 Å². The quantitative estimate of drug-likeness (QED) is 0.717. The van der Waals surface area contributed by atoms with Crippen LogP contribution in [-0.4, -0.2) is 42.4 Å². The number of ether oxygens (including phenoxy) is 1. The second-order valence-corrected chi connectivity index (χ2v) is 4.67. The van der Waals surface area contributed by atoms with Gasteiger partial charge in [0.05, 0.1) is 19.8 Å². The van der Waals surface area contributed by atoms with Crippen LogP contribution < -0.4 is 0 Å². The number of halogens is 1. The SMILES string of the molecule is OCCOCCN(Cc1cccc(F)c1)C1CC1. The van der Waals surface area contributed by atoms with Crippen molar-refractivity contribution in [3.8, 4) is 0 Å². The number of hydrogen-bond acceptors (Lipinski definition) is 3. The van der Waals surface area contributed by atoms with Crippen molar-refractivity contribution in [3.05, 3.63) is 35.6 Å². The predicted molar refractivity (Wildman–Crippen MR) is 67.7 cm³/mol. The lowest BCUT2D eigenvalue weighted by Gasteiger charge is -2.22. The van der Waals surface area contributed by atoms with E-state index in [9.17, 15) is 4.39 Å². The number of rotatable bonds is 8. The molecule has 0 heterocycles. The molecule has 1 aliphatic rings. The van der Waals surface area contributed by atoms with E-state index < -0.39 is 0 Å². The summed E-state index contributed by atoms with van der Waals surface area (Å²) >= 11 is 0. The van der Waals surface area contributed by atoms with Crippen LogP contribution >= 0.6 is 0 Å². The Morgan fingerprint density at radius 3 is 2.83 bits per heavy atom. The number of aliphatic hydroxyl groups excluding tert-OH is 1. The molecule has 1 aromatic carbocycles. The van der Waals surface area contributed by atoms with Gasteiger partial charge in [-0.25, -0.2) is 4.39 Å². The lowest BCUT2D eigenvalue weighted by atomic mass is 10.2. The van der Waals surface area contributed by atoms with Crippen LogP contribution in [0.5, 0.6) is 0 Å². The summed E-state index contributed by atoms with van der Waals surface area (Å²) in [5.74, 6) is -0.181. The molecule has 0 unspecified atom stereocenters. The van der Waals surface area contributed by atoms with Gasteiger partial charge < -0.3 is 9.84 Å². The maximum atomic E-state index is 13.1. The minimum Gasteiger partial charge on any atom is -0.394 e. The molecule has 1 saturated carbocycles. The van der Waals surface area contributed by atoms with Gasteiger partial charge in [-0.1, -0.05) is 12.1 Å². The fourth-order valence-corrected chi connectivity index (χ4v) is 2.05. The van der Waals surface area contributed by atoms with Gasteiger partial charge in [0.1, 0.15) is 5.82 Å². The third-order valence-electron chi connectivity index (χ3n) is 3.10. The molecular weight excluding hydrogens is 233 g/mol. The molecular formula is C14H20FNO2. The van der Waals surface area contributed by atoms with E-state index in [-0.39, 0.29) is 12.4 Å². The Morgan fingerprint density at radius 1 is 1.33 bits per heavy atom. The fraction of sp³-hybridized carbons (Fsp3) is 0.571. The van der Waals surface area contributed by atoms with Crippen LogP contribution in [0.1, 0.15) is 18.4 Å². The highest BCUT2D eigenvalue weighted by atomic mass is 19.1. The van der Waals surface area contributed by atoms with Crippen LogP contribution in [-0.2, 0) is 11.3 Å². The zero-order valence-electron chi connectivity index (χ0n) is 10.5. The van der Waals surface area contributed by atoms with E-state index in [1.807, 2.05) is 6.07 Å². The van der Waals surface area contributed by atoms with Crippen molar-refractivity contribution in [2.24, 2.45) is 0 Å². The minimum atomic E-state index is -0.181. The lowest BCUT2D eigenvalue weighted by molar-refractivity contribution is 0.0702. The Bertz CT molecular complexity index is 369. The van der Waals surface area contributed by atoms with E-state index in [0.29, 0.717) is 19.3 Å². The molecule has 0 atom stereocenters. The third kappa shape index (κ3) is 4.37. The van der Waals surface area contributed by atoms with Gasteiger partial charge in [-0.3, -0.25) is 4.90 Å². The van der Waals surface area contributed by atoms with Gasteiger partial charge in [0.2, 0.25) is 0 Å². The molecule has 1 aliphatic carbocycles. The van der Waals surface area contributed by atoms with Crippen molar-refractivity contribution < 1.29 is 14.2 Å². The first-order valence-corrected chi connectivity index (χ1v) is 6.46. The summed E-state index contributed by atoms with van der Waals surface area (Å²) in [6, 6.07) is 7.37. The molecule has 2 rings (SSSR count). The predicted octanol–water partition coefficient (Wildman–Crippen LogP) is 1.80. The summed E-state index contributed by atoms with van der Waals surface area (Å²) in [4.78, 5) is 2.33. The average molecular weight is 253 g/mol.